The molecule has 2 aliphatic rings. The summed E-state index contributed by atoms with van der Waals surface area (Å²) in [7, 11) is 0. The molecule has 0 aromatic heterocycles. The molecule has 0 saturated carbocycles. The number of Topliss-reactive ketones (excluding diaryl/α,β-unsaturated/α-hetero) is 1. The van der Waals surface area contributed by atoms with E-state index < -0.39 is 6.10 Å². The van der Waals surface area contributed by atoms with Crippen LogP contribution in [0.5, 0.6) is 0 Å². The van der Waals surface area contributed by atoms with Crippen LogP contribution >= 0.6 is 11.6 Å². The van der Waals surface area contributed by atoms with Crippen LogP contribution in [0.25, 0.3) is 0 Å². The van der Waals surface area contributed by atoms with Gasteiger partial charge in [0.25, 0.3) is 0 Å². The average molecular weight is 314 g/mol. The van der Waals surface area contributed by atoms with Gasteiger partial charge in [-0.25, -0.2) is 0 Å². The Morgan fingerprint density at radius 3 is 2.59 bits per heavy atom. The summed E-state index contributed by atoms with van der Waals surface area (Å²) in [6, 6.07) is 10.2. The molecule has 2 heterocycles. The van der Waals surface area contributed by atoms with Crippen molar-refractivity contribution < 1.29 is 9.53 Å². The van der Waals surface area contributed by atoms with Gasteiger partial charge in [0.1, 0.15) is 0 Å². The van der Waals surface area contributed by atoms with Crippen LogP contribution in [-0.2, 0) is 9.53 Å². The predicted octanol–water partition coefficient (Wildman–Crippen LogP) is 1.32. The van der Waals surface area contributed by atoms with E-state index in [4.69, 9.17) is 16.3 Å². The van der Waals surface area contributed by atoms with Crippen LogP contribution in [0.1, 0.15) is 0 Å². The average Bonchev–Trinajstić information content (AvgIpc) is 2.80. The van der Waals surface area contributed by atoms with Gasteiger partial charge in [-0.2, -0.15) is 0 Å². The molecule has 1 aromatic carbocycles. The minimum atomic E-state index is -0.454. The molecule has 88 valence electrons. The van der Waals surface area contributed by atoms with Gasteiger partial charge in [0.2, 0.25) is 0 Å². The molecule has 3 rings (SSSR count). The Morgan fingerprint density at radius 2 is 1.94 bits per heavy atom. The summed E-state index contributed by atoms with van der Waals surface area (Å²) in [5.41, 5.74) is 0.606. The maximum atomic E-state index is 11.7. The van der Waals surface area contributed by atoms with Crippen LogP contribution in [0, 0.1) is 0 Å². The molecule has 0 aliphatic carbocycles. The minimum absolute atomic E-state index is 0.00453. The number of fused-ring (bicyclic) bond motifs is 2. The van der Waals surface area contributed by atoms with Gasteiger partial charge in [-0.15, -0.1) is 0 Å². The van der Waals surface area contributed by atoms with E-state index in [1.807, 2.05) is 18.2 Å². The number of benzene rings is 1. The number of alkyl halides is 1. The summed E-state index contributed by atoms with van der Waals surface area (Å²) >= 11 is 6.53. The van der Waals surface area contributed by atoms with Gasteiger partial charge in [-0.3, -0.25) is 0 Å². The fourth-order valence-electron chi connectivity index (χ4n) is 2.24. The number of rotatable bonds is 2. The van der Waals surface area contributed by atoms with Crippen molar-refractivity contribution >= 4 is 36.8 Å². The van der Waals surface area contributed by atoms with E-state index in [1.165, 1.54) is 4.46 Å². The first-order valence-corrected chi connectivity index (χ1v) is 7.71. The van der Waals surface area contributed by atoms with Crippen LogP contribution in [-0.4, -0.2) is 38.3 Å². The Labute approximate surface area is 111 Å². The van der Waals surface area contributed by atoms with E-state index in [1.54, 1.807) is 0 Å². The van der Waals surface area contributed by atoms with Crippen LogP contribution < -0.4 is 4.46 Å². The van der Waals surface area contributed by atoms with Gasteiger partial charge >= 0.3 is 111 Å². The van der Waals surface area contributed by atoms with Gasteiger partial charge in [0.15, 0.2) is 0 Å². The molecule has 2 nitrogen and oxygen atoms in total. The first kappa shape index (κ1) is 11.5. The van der Waals surface area contributed by atoms with Crippen molar-refractivity contribution in [2.24, 2.45) is 0 Å². The van der Waals surface area contributed by atoms with Crippen molar-refractivity contribution in [1.29, 1.82) is 0 Å². The zero-order chi connectivity index (χ0) is 12.0. The van der Waals surface area contributed by atoms with Crippen LogP contribution in [0.3, 0.4) is 0 Å². The molecule has 2 fully saturated rings. The van der Waals surface area contributed by atoms with E-state index in [2.05, 4.69) is 18.7 Å². The van der Waals surface area contributed by atoms with Crippen LogP contribution in [0.4, 0.5) is 0 Å². The summed E-state index contributed by atoms with van der Waals surface area (Å²) in [5, 5.41) is -0.196. The Balaban J connectivity index is 1.82. The van der Waals surface area contributed by atoms with Gasteiger partial charge in [0.05, 0.1) is 0 Å². The maximum absolute atomic E-state index is 11.7. The topological polar surface area (TPSA) is 26.3 Å². The van der Waals surface area contributed by atoms with E-state index in [-0.39, 0.29) is 37.0 Å². The molecule has 17 heavy (non-hydrogen) atoms. The quantitative estimate of drug-likeness (QED) is 0.468. The summed E-state index contributed by atoms with van der Waals surface area (Å²) in [6.45, 7) is 3.82. The Morgan fingerprint density at radius 1 is 1.24 bits per heavy atom. The van der Waals surface area contributed by atoms with Gasteiger partial charge in [-0.05, 0) is 0 Å². The van der Waals surface area contributed by atoms with Crippen molar-refractivity contribution in [2.45, 2.75) is 22.4 Å². The molecule has 4 heteroatoms. The fourth-order valence-corrected chi connectivity index (χ4v) is 5.45. The van der Waals surface area contributed by atoms with E-state index in [0.29, 0.717) is 5.57 Å². The number of ether oxygens (including phenoxy) is 1. The monoisotopic (exact) mass is 314 g/mol. The summed E-state index contributed by atoms with van der Waals surface area (Å²) in [6.07, 6.45) is -0.611. The van der Waals surface area contributed by atoms with Gasteiger partial charge < -0.3 is 0 Å². The molecule has 2 bridgehead atoms. The number of halogens is 1. The Kier molecular flexibility index (Phi) is 2.87. The zero-order valence-corrected chi connectivity index (χ0v) is 11.5. The number of ketones is 1. The first-order valence-electron chi connectivity index (χ1n) is 5.43. The molecule has 2 saturated heterocycles. The second-order valence-corrected chi connectivity index (χ2v) is 7.34. The van der Waals surface area contributed by atoms with E-state index in [9.17, 15) is 4.79 Å². The molecule has 2 aliphatic heterocycles. The van der Waals surface area contributed by atoms with Crippen LogP contribution in [0.2, 0.25) is 4.82 Å². The first-order chi connectivity index (χ1) is 8.18. The van der Waals surface area contributed by atoms with Crippen LogP contribution in [0.15, 0.2) is 42.5 Å². The zero-order valence-electron chi connectivity index (χ0n) is 9.01. The Bertz CT molecular complexity index is 474. The number of hydrogen-bond acceptors (Lipinski definition) is 2. The second-order valence-electron chi connectivity index (χ2n) is 4.21. The molecule has 0 radical (unpaired) electrons. The number of carbonyl (C=O) groups is 1. The fraction of sp³-hybridized carbons (Fsp3) is 0.308. The molecule has 0 spiro atoms. The third-order valence-corrected chi connectivity index (χ3v) is 6.81. The molecule has 1 aromatic rings. The SMILES string of the molecule is C=C1C(=O)[C@@H]2O[C@H]1[C@@H]([Se]c1ccccc1)[C@@H]2Cl. The summed E-state index contributed by atoms with van der Waals surface area (Å²) in [5.74, 6) is -0.00453. The van der Waals surface area contributed by atoms with Crippen molar-refractivity contribution in [1.82, 2.24) is 0 Å². The summed E-state index contributed by atoms with van der Waals surface area (Å²) < 4.78 is 6.91. The predicted molar refractivity (Wildman–Crippen MR) is 68.0 cm³/mol. The van der Waals surface area contributed by atoms with Gasteiger partial charge in [-0.1, -0.05) is 0 Å². The molecular weight excluding hydrogens is 303 g/mol. The molecular formula is C13H11ClO2Se. The number of carbonyl (C=O) groups excluding carboxylic acids is 1. The normalized spacial score (nSPS) is 35.6. The number of hydrogen-bond donors (Lipinski definition) is 0. The van der Waals surface area contributed by atoms with Gasteiger partial charge in [0, 0.05) is 0 Å². The Hall–Kier alpha value is -0.601. The van der Waals surface area contributed by atoms with Crippen molar-refractivity contribution in [2.75, 3.05) is 0 Å². The molecule has 0 unspecified atom stereocenters. The van der Waals surface area contributed by atoms with Crippen molar-refractivity contribution in [3.05, 3.63) is 42.5 Å². The van der Waals surface area contributed by atoms with E-state index >= 15 is 0 Å². The molecule has 0 N–H and O–H groups in total. The summed E-state index contributed by atoms with van der Waals surface area (Å²) in [4.78, 5) is 11.9. The molecule has 4 atom stereocenters. The third kappa shape index (κ3) is 1.78. The van der Waals surface area contributed by atoms with Crippen molar-refractivity contribution in [3.63, 3.8) is 0 Å². The van der Waals surface area contributed by atoms with Crippen molar-refractivity contribution in [3.8, 4) is 0 Å². The standard InChI is InChI=1S/C13H11ClO2Se/c1-7-10(15)12-9(14)13(11(7)16-12)17-8-5-3-2-4-6-8/h2-6,9,11-13H,1H2/t9-,11-,12-,13+/m1/s1. The van der Waals surface area contributed by atoms with E-state index in [0.717, 1.165) is 0 Å². The second kappa shape index (κ2) is 4.25. The molecule has 0 amide bonds. The third-order valence-electron chi connectivity index (χ3n) is 3.13.